The zero-order valence-electron chi connectivity index (χ0n) is 19.2. The number of amides is 1. The van der Waals surface area contributed by atoms with Crippen LogP contribution in [0.2, 0.25) is 23.2 Å². The van der Waals surface area contributed by atoms with Gasteiger partial charge in [-0.05, 0) is 56.6 Å². The minimum absolute atomic E-state index is 0.0569. The summed E-state index contributed by atoms with van der Waals surface area (Å²) >= 11 is 6.19. The van der Waals surface area contributed by atoms with Crippen molar-refractivity contribution < 1.29 is 23.5 Å². The molecule has 30 heavy (non-hydrogen) atoms. The Labute approximate surface area is 186 Å². The van der Waals surface area contributed by atoms with Crippen molar-refractivity contribution in [3.63, 3.8) is 0 Å². The van der Waals surface area contributed by atoms with E-state index in [1.165, 1.54) is 4.90 Å². The minimum Gasteiger partial charge on any atom is -0.444 e. The molecule has 1 rings (SSSR count). The van der Waals surface area contributed by atoms with E-state index in [-0.39, 0.29) is 24.4 Å². The minimum atomic E-state index is -2.24. The van der Waals surface area contributed by atoms with Gasteiger partial charge < -0.3 is 9.16 Å². The molecule has 168 valence electrons. The van der Waals surface area contributed by atoms with Gasteiger partial charge in [0.1, 0.15) is 5.60 Å². The Kier molecular flexibility index (Phi) is 8.84. The van der Waals surface area contributed by atoms with Gasteiger partial charge in [0.15, 0.2) is 14.6 Å². The van der Waals surface area contributed by atoms with Gasteiger partial charge in [-0.3, -0.25) is 14.5 Å². The maximum atomic E-state index is 12.8. The molecular formula is C22H34ClNO5Si. The molecule has 0 aliphatic heterocycles. The number of ketones is 1. The first kappa shape index (κ1) is 26.3. The summed E-state index contributed by atoms with van der Waals surface area (Å²) in [6, 6.07) is 7.23. The van der Waals surface area contributed by atoms with Gasteiger partial charge in [0, 0.05) is 5.02 Å². The summed E-state index contributed by atoms with van der Waals surface area (Å²) in [6.45, 7) is 15.5. The maximum Gasteiger partial charge on any atom is 0.410 e. The fraction of sp³-hybridized carbons (Fsp3) is 0.591. The van der Waals surface area contributed by atoms with Gasteiger partial charge >= 0.3 is 6.09 Å². The van der Waals surface area contributed by atoms with E-state index in [1.54, 1.807) is 32.9 Å². The molecule has 0 saturated carbocycles. The first-order chi connectivity index (χ1) is 13.6. The lowest BCUT2D eigenvalue weighted by atomic mass is 10.1. The Morgan fingerprint density at radius 1 is 1.17 bits per heavy atom. The van der Waals surface area contributed by atoms with Gasteiger partial charge in [-0.1, -0.05) is 44.5 Å². The first-order valence-electron chi connectivity index (χ1n) is 9.95. The summed E-state index contributed by atoms with van der Waals surface area (Å²) in [5, 5.41) is 0.475. The Hall–Kier alpha value is -1.70. The fourth-order valence-electron chi connectivity index (χ4n) is 2.41. The number of hydrogen-bond acceptors (Lipinski definition) is 5. The van der Waals surface area contributed by atoms with Crippen LogP contribution in [0.3, 0.4) is 0 Å². The second-order valence-electron chi connectivity index (χ2n) is 9.87. The molecule has 0 heterocycles. The van der Waals surface area contributed by atoms with E-state index in [0.29, 0.717) is 5.02 Å². The summed E-state index contributed by atoms with van der Waals surface area (Å²) in [6.07, 6.45) is -0.999. The number of halogens is 1. The number of Topliss-reactive ketones (excluding diaryl/α,β-unsaturated/α-hetero) is 1. The van der Waals surface area contributed by atoms with Gasteiger partial charge in [0.25, 0.3) is 0 Å². The molecule has 0 bridgehead atoms. The van der Waals surface area contributed by atoms with Crippen LogP contribution < -0.4 is 0 Å². The molecule has 0 spiro atoms. The molecule has 1 aromatic carbocycles. The second-order valence-corrected chi connectivity index (χ2v) is 15.1. The normalized spacial score (nSPS) is 13.5. The zero-order chi connectivity index (χ0) is 23.3. The topological polar surface area (TPSA) is 72.9 Å². The van der Waals surface area contributed by atoms with E-state index in [9.17, 15) is 14.4 Å². The Morgan fingerprint density at radius 2 is 1.77 bits per heavy atom. The lowest BCUT2D eigenvalue weighted by molar-refractivity contribution is -0.130. The van der Waals surface area contributed by atoms with Crippen molar-refractivity contribution >= 4 is 38.1 Å². The third-order valence-corrected chi connectivity index (χ3v) is 9.70. The van der Waals surface area contributed by atoms with Crippen LogP contribution in [-0.2, 0) is 18.8 Å². The molecule has 0 aromatic heterocycles. The number of carbonyl (C=O) groups is 3. The summed E-state index contributed by atoms with van der Waals surface area (Å²) < 4.78 is 12.1. The van der Waals surface area contributed by atoms with E-state index in [0.717, 1.165) is 5.56 Å². The van der Waals surface area contributed by atoms with Crippen molar-refractivity contribution in [1.29, 1.82) is 0 Å². The van der Waals surface area contributed by atoms with Crippen molar-refractivity contribution in [2.24, 2.45) is 0 Å². The number of hydrogen-bond donors (Lipinski definition) is 0. The van der Waals surface area contributed by atoms with Crippen LogP contribution in [0.15, 0.2) is 24.3 Å². The van der Waals surface area contributed by atoms with Crippen molar-refractivity contribution in [3.8, 4) is 0 Å². The largest absolute Gasteiger partial charge is 0.444 e. The van der Waals surface area contributed by atoms with Crippen LogP contribution in [0.1, 0.15) is 53.2 Å². The Bertz CT molecular complexity index is 768. The number of rotatable bonds is 8. The van der Waals surface area contributed by atoms with Gasteiger partial charge in [0.05, 0.1) is 19.2 Å². The van der Waals surface area contributed by atoms with Crippen LogP contribution in [0.5, 0.6) is 0 Å². The van der Waals surface area contributed by atoms with Crippen LogP contribution >= 0.6 is 11.6 Å². The molecule has 0 N–H and O–H groups in total. The highest BCUT2D eigenvalue weighted by Gasteiger charge is 2.40. The standard InChI is InChI=1S/C22H34ClNO5Si/c1-21(2,3)28-20(27)24(13-18(26)15-25)14-19(16-10-9-11-17(23)12-16)29-30(7,8)22(4,5)6/h9-12,15,19H,13-14H2,1-8H3. The van der Waals surface area contributed by atoms with Gasteiger partial charge in [0.2, 0.25) is 5.78 Å². The van der Waals surface area contributed by atoms with Crippen molar-refractivity contribution in [2.75, 3.05) is 13.1 Å². The average molecular weight is 456 g/mol. The molecule has 1 unspecified atom stereocenters. The Morgan fingerprint density at radius 3 is 2.23 bits per heavy atom. The number of nitrogens with zero attached hydrogens (tertiary/aromatic N) is 1. The molecule has 1 amide bonds. The van der Waals surface area contributed by atoms with E-state index < -0.39 is 31.9 Å². The van der Waals surface area contributed by atoms with Crippen LogP contribution in [0, 0.1) is 0 Å². The van der Waals surface area contributed by atoms with Crippen LogP contribution in [0.25, 0.3) is 0 Å². The maximum absolute atomic E-state index is 12.8. The molecule has 6 nitrogen and oxygen atoms in total. The monoisotopic (exact) mass is 455 g/mol. The van der Waals surface area contributed by atoms with Gasteiger partial charge in [-0.25, -0.2) is 4.79 Å². The predicted molar refractivity (Wildman–Crippen MR) is 121 cm³/mol. The number of ether oxygens (including phenoxy) is 1. The molecule has 0 aliphatic rings. The number of carbonyl (C=O) groups excluding carboxylic acids is 3. The smallest absolute Gasteiger partial charge is 0.410 e. The van der Waals surface area contributed by atoms with E-state index in [1.807, 2.05) is 12.1 Å². The average Bonchev–Trinajstić information content (AvgIpc) is 2.57. The van der Waals surface area contributed by atoms with Crippen LogP contribution in [0.4, 0.5) is 4.79 Å². The molecule has 8 heteroatoms. The lowest BCUT2D eigenvalue weighted by Gasteiger charge is -2.40. The van der Waals surface area contributed by atoms with Gasteiger partial charge in [-0.2, -0.15) is 0 Å². The quantitative estimate of drug-likeness (QED) is 0.297. The van der Waals surface area contributed by atoms with Gasteiger partial charge in [-0.15, -0.1) is 0 Å². The van der Waals surface area contributed by atoms with E-state index in [2.05, 4.69) is 33.9 Å². The first-order valence-corrected chi connectivity index (χ1v) is 13.2. The van der Waals surface area contributed by atoms with Crippen molar-refractivity contribution in [1.82, 2.24) is 4.90 Å². The number of aldehydes is 1. The molecular weight excluding hydrogens is 422 g/mol. The molecule has 1 atom stereocenters. The van der Waals surface area contributed by atoms with E-state index in [4.69, 9.17) is 20.8 Å². The highest BCUT2D eigenvalue weighted by Crippen LogP contribution is 2.40. The molecule has 0 aliphatic carbocycles. The summed E-state index contributed by atoms with van der Waals surface area (Å²) in [5.74, 6) is -0.710. The highest BCUT2D eigenvalue weighted by atomic mass is 35.5. The highest BCUT2D eigenvalue weighted by molar-refractivity contribution is 6.74. The Balaban J connectivity index is 3.31. The number of benzene rings is 1. The fourth-order valence-corrected chi connectivity index (χ4v) is 3.88. The zero-order valence-corrected chi connectivity index (χ0v) is 21.0. The molecule has 0 radical (unpaired) electrons. The van der Waals surface area contributed by atoms with E-state index >= 15 is 0 Å². The third kappa shape index (κ3) is 8.20. The summed E-state index contributed by atoms with van der Waals surface area (Å²) in [5.41, 5.74) is 0.0465. The van der Waals surface area contributed by atoms with Crippen molar-refractivity contribution in [2.45, 2.75) is 71.4 Å². The molecule has 0 saturated heterocycles. The SMILES string of the molecule is CC(C)(C)OC(=O)N(CC(=O)C=O)CC(O[Si](C)(C)C(C)(C)C)c1cccc(Cl)c1. The second kappa shape index (κ2) is 10.1. The summed E-state index contributed by atoms with van der Waals surface area (Å²) in [4.78, 5) is 36.8. The lowest BCUT2D eigenvalue weighted by Crippen LogP contribution is -2.46. The van der Waals surface area contributed by atoms with Crippen LogP contribution in [-0.4, -0.2) is 50.1 Å². The third-order valence-electron chi connectivity index (χ3n) is 4.98. The van der Waals surface area contributed by atoms with Crippen molar-refractivity contribution in [3.05, 3.63) is 34.9 Å². The molecule has 0 fully saturated rings. The predicted octanol–water partition coefficient (Wildman–Crippen LogP) is 5.41. The summed E-state index contributed by atoms with van der Waals surface area (Å²) in [7, 11) is -2.24. The molecule has 1 aromatic rings.